The Balaban J connectivity index is 0.000000190. The van der Waals surface area contributed by atoms with Crippen LogP contribution in [0.5, 0.6) is 0 Å². The molecule has 3 rings (SSSR count). The summed E-state index contributed by atoms with van der Waals surface area (Å²) >= 11 is 0. The predicted octanol–water partition coefficient (Wildman–Crippen LogP) is 1.89. The van der Waals surface area contributed by atoms with Crippen LogP contribution in [0.25, 0.3) is 11.4 Å². The smallest absolute Gasteiger partial charge is 0.409 e. The van der Waals surface area contributed by atoms with E-state index in [0.717, 1.165) is 16.9 Å². The summed E-state index contributed by atoms with van der Waals surface area (Å²) in [6.07, 6.45) is 0. The molecule has 0 atom stereocenters. The number of aromatic nitrogens is 2. The number of nitrogens with two attached hydrogens (primary N) is 1. The van der Waals surface area contributed by atoms with Gasteiger partial charge in [0.05, 0.1) is 0 Å². The van der Waals surface area contributed by atoms with Crippen molar-refractivity contribution >= 4 is 17.2 Å². The second-order valence-electron chi connectivity index (χ2n) is 5.09. The Morgan fingerprint density at radius 1 is 1.15 bits per heavy atom. The zero-order chi connectivity index (χ0) is 18.9. The number of anilines is 2. The van der Waals surface area contributed by atoms with E-state index in [4.69, 9.17) is 10.9 Å². The number of H-pyrrole nitrogens is 1. The first-order valence-corrected chi connectivity index (χ1v) is 7.67. The van der Waals surface area contributed by atoms with Crippen LogP contribution in [-0.4, -0.2) is 35.3 Å². The van der Waals surface area contributed by atoms with Crippen LogP contribution in [-0.2, 0) is 0 Å². The van der Waals surface area contributed by atoms with Gasteiger partial charge in [-0.3, -0.25) is 9.51 Å². The monoisotopic (exact) mass is 356 g/mol. The number of nitrogens with zero attached hydrogens (tertiary/aromatic N) is 2. The highest BCUT2D eigenvalue weighted by Gasteiger charge is 2.03. The van der Waals surface area contributed by atoms with Crippen molar-refractivity contribution in [1.82, 2.24) is 10.1 Å². The second-order valence-corrected chi connectivity index (χ2v) is 5.09. The third kappa shape index (κ3) is 4.87. The number of oxime groups is 1. The van der Waals surface area contributed by atoms with Gasteiger partial charge in [0, 0.05) is 36.6 Å². The van der Waals surface area contributed by atoms with Crippen molar-refractivity contribution < 1.29 is 9.73 Å². The van der Waals surface area contributed by atoms with Crippen molar-refractivity contribution in [3.8, 4) is 11.4 Å². The van der Waals surface area contributed by atoms with Crippen LogP contribution < -0.4 is 22.1 Å². The molecule has 0 saturated heterocycles. The molecule has 1 heterocycles. The summed E-state index contributed by atoms with van der Waals surface area (Å²) in [4.78, 5) is 13.2. The first-order chi connectivity index (χ1) is 12.6. The third-order valence-electron chi connectivity index (χ3n) is 3.42. The Labute approximate surface area is 149 Å². The standard InChI is InChI=1S/C9H9N3O2.C8H11N3O/c1-10-7-4-2-3-6(5-7)8-11-9(13)14-12-8;1-10-7-4-2-3-6(5-7)8(9)11-12/h2-5,10H,1H3,(H,11,12,13);2-5,10,12H,1H3,(H2,9,11). The van der Waals surface area contributed by atoms with Crippen LogP contribution in [0.2, 0.25) is 0 Å². The molecule has 136 valence electrons. The molecule has 3 aromatic rings. The van der Waals surface area contributed by atoms with Gasteiger partial charge in [-0.1, -0.05) is 34.6 Å². The highest BCUT2D eigenvalue weighted by atomic mass is 16.5. The van der Waals surface area contributed by atoms with E-state index in [1.807, 2.05) is 50.5 Å². The average Bonchev–Trinajstić information content (AvgIpc) is 3.14. The fraction of sp³-hybridized carbons (Fsp3) is 0.118. The SMILES string of the molecule is CNc1cccc(-c2noc(=O)[nH]2)c1.CNc1cccc(C(N)=NO)c1. The largest absolute Gasteiger partial charge is 0.439 e. The van der Waals surface area contributed by atoms with Crippen molar-refractivity contribution in [2.45, 2.75) is 0 Å². The quantitative estimate of drug-likeness (QED) is 0.208. The Morgan fingerprint density at radius 3 is 2.38 bits per heavy atom. The van der Waals surface area contributed by atoms with Crippen LogP contribution in [0.1, 0.15) is 5.56 Å². The molecule has 0 radical (unpaired) electrons. The Kier molecular flexibility index (Phi) is 6.38. The third-order valence-corrected chi connectivity index (χ3v) is 3.42. The molecule has 2 aromatic carbocycles. The molecule has 1 aromatic heterocycles. The van der Waals surface area contributed by atoms with Crippen molar-refractivity contribution in [2.75, 3.05) is 24.7 Å². The van der Waals surface area contributed by atoms with Crippen molar-refractivity contribution in [2.24, 2.45) is 10.9 Å². The number of aromatic amines is 1. The van der Waals surface area contributed by atoms with Gasteiger partial charge in [-0.25, -0.2) is 4.79 Å². The minimum absolute atomic E-state index is 0.118. The van der Waals surface area contributed by atoms with Gasteiger partial charge in [0.15, 0.2) is 11.7 Å². The first kappa shape index (κ1) is 18.6. The lowest BCUT2D eigenvalue weighted by molar-refractivity contribution is 0.318. The minimum Gasteiger partial charge on any atom is -0.409 e. The molecular formula is C17H20N6O3. The molecule has 0 unspecified atom stereocenters. The number of hydrogen-bond donors (Lipinski definition) is 5. The molecule has 0 saturated carbocycles. The summed E-state index contributed by atoms with van der Waals surface area (Å²) in [6, 6.07) is 14.8. The van der Waals surface area contributed by atoms with E-state index < -0.39 is 5.76 Å². The number of nitrogens with one attached hydrogen (secondary N) is 3. The Bertz CT molecular complexity index is 932. The van der Waals surface area contributed by atoms with E-state index in [1.165, 1.54) is 0 Å². The number of benzene rings is 2. The van der Waals surface area contributed by atoms with Crippen molar-refractivity contribution in [1.29, 1.82) is 0 Å². The second kappa shape index (κ2) is 8.92. The lowest BCUT2D eigenvalue weighted by atomic mass is 10.2. The van der Waals surface area contributed by atoms with Gasteiger partial charge in [0.25, 0.3) is 0 Å². The van der Waals surface area contributed by atoms with Crippen LogP contribution in [0, 0.1) is 0 Å². The summed E-state index contributed by atoms with van der Waals surface area (Å²) < 4.78 is 4.41. The molecule has 0 spiro atoms. The fourth-order valence-electron chi connectivity index (χ4n) is 2.07. The maximum Gasteiger partial charge on any atom is 0.439 e. The summed E-state index contributed by atoms with van der Waals surface area (Å²) in [6.45, 7) is 0. The van der Waals surface area contributed by atoms with Crippen LogP contribution >= 0.6 is 0 Å². The van der Waals surface area contributed by atoms with Crippen molar-refractivity contribution in [3.05, 3.63) is 64.6 Å². The highest BCUT2D eigenvalue weighted by molar-refractivity contribution is 5.97. The van der Waals surface area contributed by atoms with Gasteiger partial charge in [-0.2, -0.15) is 0 Å². The maximum absolute atomic E-state index is 10.7. The van der Waals surface area contributed by atoms with Gasteiger partial charge < -0.3 is 21.6 Å². The molecule has 9 heteroatoms. The van der Waals surface area contributed by atoms with Gasteiger partial charge in [-0.15, -0.1) is 0 Å². The minimum atomic E-state index is -0.546. The van der Waals surface area contributed by atoms with E-state index in [-0.39, 0.29) is 5.84 Å². The summed E-state index contributed by atoms with van der Waals surface area (Å²) in [5.41, 5.74) is 8.78. The molecule has 0 aliphatic rings. The molecule has 0 aliphatic heterocycles. The fourth-order valence-corrected chi connectivity index (χ4v) is 2.07. The zero-order valence-corrected chi connectivity index (χ0v) is 14.4. The summed E-state index contributed by atoms with van der Waals surface area (Å²) in [5, 5.41) is 20.8. The predicted molar refractivity (Wildman–Crippen MR) is 101 cm³/mol. The number of hydrogen-bond acceptors (Lipinski definition) is 7. The number of rotatable bonds is 4. The Morgan fingerprint density at radius 2 is 1.81 bits per heavy atom. The highest BCUT2D eigenvalue weighted by Crippen LogP contribution is 2.17. The molecule has 26 heavy (non-hydrogen) atoms. The van der Waals surface area contributed by atoms with E-state index in [9.17, 15) is 4.79 Å². The molecule has 0 aliphatic carbocycles. The summed E-state index contributed by atoms with van der Waals surface area (Å²) in [7, 11) is 3.63. The van der Waals surface area contributed by atoms with Gasteiger partial charge in [-0.05, 0) is 24.3 Å². The van der Waals surface area contributed by atoms with Crippen LogP contribution in [0.15, 0.2) is 63.0 Å². The lowest BCUT2D eigenvalue weighted by Crippen LogP contribution is -2.12. The molecule has 0 fully saturated rings. The first-order valence-electron chi connectivity index (χ1n) is 7.67. The molecule has 0 amide bonds. The number of amidine groups is 1. The topological polar surface area (TPSA) is 142 Å². The van der Waals surface area contributed by atoms with Gasteiger partial charge in [0.1, 0.15) is 0 Å². The lowest BCUT2D eigenvalue weighted by Gasteiger charge is -2.02. The molecule has 9 nitrogen and oxygen atoms in total. The van der Waals surface area contributed by atoms with Crippen molar-refractivity contribution in [3.63, 3.8) is 0 Å². The maximum atomic E-state index is 10.7. The summed E-state index contributed by atoms with van der Waals surface area (Å²) in [5.74, 6) is 0.00839. The molecule has 6 N–H and O–H groups in total. The van der Waals surface area contributed by atoms with Crippen LogP contribution in [0.4, 0.5) is 11.4 Å². The van der Waals surface area contributed by atoms with Gasteiger partial charge >= 0.3 is 5.76 Å². The van der Waals surface area contributed by atoms with E-state index in [1.54, 1.807) is 12.1 Å². The zero-order valence-electron chi connectivity index (χ0n) is 14.4. The van der Waals surface area contributed by atoms with Gasteiger partial charge in [0.2, 0.25) is 0 Å². The van der Waals surface area contributed by atoms with E-state index in [2.05, 4.69) is 30.5 Å². The Hall–Kier alpha value is -3.75. The van der Waals surface area contributed by atoms with E-state index in [0.29, 0.717) is 11.4 Å². The average molecular weight is 356 g/mol. The normalized spacial score (nSPS) is 10.6. The molecular weight excluding hydrogens is 336 g/mol. The van der Waals surface area contributed by atoms with Crippen LogP contribution in [0.3, 0.4) is 0 Å². The molecule has 0 bridgehead atoms. The van der Waals surface area contributed by atoms with E-state index >= 15 is 0 Å².